The largest absolute Gasteiger partial charge is 0.339 e. The van der Waals surface area contributed by atoms with Crippen molar-refractivity contribution in [2.45, 2.75) is 42.2 Å². The number of aromatic nitrogens is 2. The summed E-state index contributed by atoms with van der Waals surface area (Å²) in [4.78, 5) is 22.1. The Balaban J connectivity index is 1.41. The Morgan fingerprint density at radius 2 is 1.82 bits per heavy atom. The van der Waals surface area contributed by atoms with Crippen LogP contribution in [0, 0.1) is 0 Å². The molecule has 4 rings (SSSR count). The average Bonchev–Trinajstić information content (AvgIpc) is 3.15. The van der Waals surface area contributed by atoms with Crippen molar-refractivity contribution in [1.82, 2.24) is 19.4 Å². The summed E-state index contributed by atoms with van der Waals surface area (Å²) < 4.78 is 25.4. The molecule has 3 aromatic rings. The number of hydrogen-bond donors (Lipinski definition) is 1. The first-order valence-corrected chi connectivity index (χ1v) is 13.4. The molecule has 0 aliphatic carbocycles. The van der Waals surface area contributed by atoms with Crippen LogP contribution in [-0.2, 0) is 27.9 Å². The Kier molecular flexibility index (Phi) is 7.08. The van der Waals surface area contributed by atoms with Crippen LogP contribution >= 0.6 is 11.8 Å². The third kappa shape index (κ3) is 5.40. The number of piperazine rings is 1. The van der Waals surface area contributed by atoms with Crippen LogP contribution in [0.15, 0.2) is 58.6 Å². The topological polar surface area (TPSA) is 102 Å². The SMILES string of the molecule is CCn1c(SC(C)C(=O)N2CCN(Cc3ccccc3)CC2)nc2cc(S(N)(=O)=O)ccc21. The monoisotopic (exact) mass is 487 g/mol. The molecule has 1 aromatic heterocycles. The number of nitrogens with two attached hydrogens (primary N) is 1. The van der Waals surface area contributed by atoms with E-state index in [1.807, 2.05) is 41.5 Å². The van der Waals surface area contributed by atoms with Crippen molar-refractivity contribution in [2.75, 3.05) is 26.2 Å². The van der Waals surface area contributed by atoms with Crippen molar-refractivity contribution in [3.8, 4) is 0 Å². The van der Waals surface area contributed by atoms with Gasteiger partial charge in [0.1, 0.15) is 0 Å². The third-order valence-corrected chi connectivity index (χ3v) is 7.88. The van der Waals surface area contributed by atoms with E-state index in [4.69, 9.17) is 5.14 Å². The molecule has 8 nitrogen and oxygen atoms in total. The Hall–Kier alpha value is -2.40. The number of sulfonamides is 1. The number of benzene rings is 2. The molecule has 176 valence electrons. The Morgan fingerprint density at radius 3 is 2.45 bits per heavy atom. The lowest BCUT2D eigenvalue weighted by Gasteiger charge is -2.35. The first kappa shape index (κ1) is 23.7. The number of rotatable bonds is 7. The highest BCUT2D eigenvalue weighted by Gasteiger charge is 2.27. The molecule has 10 heteroatoms. The number of nitrogens with zero attached hydrogens (tertiary/aromatic N) is 4. The molecule has 2 aromatic carbocycles. The van der Waals surface area contributed by atoms with E-state index >= 15 is 0 Å². The van der Waals surface area contributed by atoms with Crippen molar-refractivity contribution in [3.63, 3.8) is 0 Å². The van der Waals surface area contributed by atoms with Gasteiger partial charge in [0.2, 0.25) is 15.9 Å². The Bertz CT molecular complexity index is 1240. The summed E-state index contributed by atoms with van der Waals surface area (Å²) in [6.45, 7) is 8.57. The van der Waals surface area contributed by atoms with Gasteiger partial charge in [-0.3, -0.25) is 9.69 Å². The standard InChI is InChI=1S/C23H29N5O3S2/c1-3-28-21-10-9-19(33(24,30)31)15-20(21)25-23(28)32-17(2)22(29)27-13-11-26(12-14-27)16-18-7-5-4-6-8-18/h4-10,15,17H,3,11-14,16H2,1-2H3,(H2,24,30,31). The number of amides is 1. The van der Waals surface area contributed by atoms with Crippen LogP contribution < -0.4 is 5.14 Å². The van der Waals surface area contributed by atoms with Gasteiger partial charge in [0, 0.05) is 39.3 Å². The number of carbonyl (C=O) groups is 1. The van der Waals surface area contributed by atoms with Gasteiger partial charge >= 0.3 is 0 Å². The second-order valence-corrected chi connectivity index (χ2v) is 11.1. The highest BCUT2D eigenvalue weighted by atomic mass is 32.2. The van der Waals surface area contributed by atoms with Gasteiger partial charge in [0.15, 0.2) is 5.16 Å². The summed E-state index contributed by atoms with van der Waals surface area (Å²) >= 11 is 1.41. The maximum absolute atomic E-state index is 13.1. The predicted octanol–water partition coefficient (Wildman–Crippen LogP) is 2.53. The fourth-order valence-corrected chi connectivity index (χ4v) is 5.70. The zero-order valence-electron chi connectivity index (χ0n) is 18.8. The predicted molar refractivity (Wildman–Crippen MR) is 130 cm³/mol. The van der Waals surface area contributed by atoms with Gasteiger partial charge in [-0.05, 0) is 37.6 Å². The third-order valence-electron chi connectivity index (χ3n) is 5.89. The molecule has 1 fully saturated rings. The molecular formula is C23H29N5O3S2. The number of imidazole rings is 1. The van der Waals surface area contributed by atoms with Crippen molar-refractivity contribution < 1.29 is 13.2 Å². The van der Waals surface area contributed by atoms with E-state index in [2.05, 4.69) is 22.0 Å². The minimum absolute atomic E-state index is 0.0322. The molecule has 0 bridgehead atoms. The summed E-state index contributed by atoms with van der Waals surface area (Å²) in [7, 11) is -3.80. The van der Waals surface area contributed by atoms with E-state index < -0.39 is 10.0 Å². The number of carbonyl (C=O) groups excluding carboxylic acids is 1. The number of aryl methyl sites for hydroxylation is 1. The van der Waals surface area contributed by atoms with Crippen molar-refractivity contribution >= 4 is 38.7 Å². The smallest absolute Gasteiger partial charge is 0.238 e. The summed E-state index contributed by atoms with van der Waals surface area (Å²) in [5.74, 6) is 0.0966. The van der Waals surface area contributed by atoms with E-state index in [9.17, 15) is 13.2 Å². The Morgan fingerprint density at radius 1 is 1.12 bits per heavy atom. The van der Waals surface area contributed by atoms with Crippen molar-refractivity contribution in [3.05, 3.63) is 54.1 Å². The second-order valence-electron chi connectivity index (χ2n) is 8.18. The maximum Gasteiger partial charge on any atom is 0.238 e. The lowest BCUT2D eigenvalue weighted by Crippen LogP contribution is -2.50. The van der Waals surface area contributed by atoms with Gasteiger partial charge in [0.05, 0.1) is 21.2 Å². The van der Waals surface area contributed by atoms with E-state index in [1.54, 1.807) is 6.07 Å². The van der Waals surface area contributed by atoms with Gasteiger partial charge in [-0.25, -0.2) is 18.5 Å². The number of thioether (sulfide) groups is 1. The number of fused-ring (bicyclic) bond motifs is 1. The van der Waals surface area contributed by atoms with Crippen LogP contribution in [0.25, 0.3) is 11.0 Å². The fraction of sp³-hybridized carbons (Fsp3) is 0.391. The molecule has 0 radical (unpaired) electrons. The highest BCUT2D eigenvalue weighted by molar-refractivity contribution is 8.00. The minimum Gasteiger partial charge on any atom is -0.339 e. The molecule has 33 heavy (non-hydrogen) atoms. The average molecular weight is 488 g/mol. The maximum atomic E-state index is 13.1. The second kappa shape index (κ2) is 9.84. The van der Waals surface area contributed by atoms with Gasteiger partial charge in [-0.1, -0.05) is 42.1 Å². The summed E-state index contributed by atoms with van der Waals surface area (Å²) in [6, 6.07) is 15.1. The minimum atomic E-state index is -3.80. The van der Waals surface area contributed by atoms with Gasteiger partial charge < -0.3 is 9.47 Å². The summed E-state index contributed by atoms with van der Waals surface area (Å²) in [5.41, 5.74) is 2.66. The van der Waals surface area contributed by atoms with Crippen molar-refractivity contribution in [1.29, 1.82) is 0 Å². The molecule has 2 heterocycles. The van der Waals surface area contributed by atoms with Gasteiger partial charge in [0.25, 0.3) is 0 Å². The summed E-state index contributed by atoms with van der Waals surface area (Å²) in [5, 5.41) is 5.66. The zero-order chi connectivity index (χ0) is 23.6. The van der Waals surface area contributed by atoms with Crippen LogP contribution in [0.1, 0.15) is 19.4 Å². The molecule has 1 aliphatic rings. The lowest BCUT2D eigenvalue weighted by atomic mass is 10.2. The van der Waals surface area contributed by atoms with E-state index in [0.717, 1.165) is 25.2 Å². The van der Waals surface area contributed by atoms with Crippen LogP contribution in [0.2, 0.25) is 0 Å². The lowest BCUT2D eigenvalue weighted by molar-refractivity contribution is -0.132. The van der Waals surface area contributed by atoms with E-state index in [0.29, 0.717) is 30.3 Å². The zero-order valence-corrected chi connectivity index (χ0v) is 20.5. The molecule has 0 saturated carbocycles. The Labute approximate surface area is 198 Å². The quantitative estimate of drug-likeness (QED) is 0.514. The highest BCUT2D eigenvalue weighted by Crippen LogP contribution is 2.29. The molecule has 1 amide bonds. The van der Waals surface area contributed by atoms with Crippen LogP contribution in [-0.4, -0.2) is 65.1 Å². The van der Waals surface area contributed by atoms with Crippen LogP contribution in [0.5, 0.6) is 0 Å². The van der Waals surface area contributed by atoms with Crippen LogP contribution in [0.4, 0.5) is 0 Å². The van der Waals surface area contributed by atoms with Crippen LogP contribution in [0.3, 0.4) is 0 Å². The molecule has 1 aliphatic heterocycles. The molecule has 1 saturated heterocycles. The van der Waals surface area contributed by atoms with Gasteiger partial charge in [-0.2, -0.15) is 0 Å². The molecular weight excluding hydrogens is 458 g/mol. The fourth-order valence-electron chi connectivity index (χ4n) is 4.09. The normalized spacial score (nSPS) is 16.3. The first-order chi connectivity index (χ1) is 15.8. The molecule has 1 atom stereocenters. The molecule has 1 unspecified atom stereocenters. The van der Waals surface area contributed by atoms with Gasteiger partial charge in [-0.15, -0.1) is 0 Å². The molecule has 2 N–H and O–H groups in total. The van der Waals surface area contributed by atoms with E-state index in [1.165, 1.54) is 29.5 Å². The summed E-state index contributed by atoms with van der Waals surface area (Å²) in [6.07, 6.45) is 0. The number of hydrogen-bond acceptors (Lipinski definition) is 6. The first-order valence-electron chi connectivity index (χ1n) is 11.0. The van der Waals surface area contributed by atoms with E-state index in [-0.39, 0.29) is 16.1 Å². The molecule has 0 spiro atoms. The number of primary sulfonamides is 1. The van der Waals surface area contributed by atoms with Crippen molar-refractivity contribution in [2.24, 2.45) is 5.14 Å².